The second kappa shape index (κ2) is 4.11. The van der Waals surface area contributed by atoms with Crippen molar-refractivity contribution >= 4 is 15.9 Å². The van der Waals surface area contributed by atoms with Crippen LogP contribution in [-0.2, 0) is 0 Å². The molecule has 0 aliphatic heterocycles. The molecule has 2 aliphatic carbocycles. The van der Waals surface area contributed by atoms with Gasteiger partial charge >= 0.3 is 0 Å². The van der Waals surface area contributed by atoms with Gasteiger partial charge in [0.05, 0.1) is 4.47 Å². The average molecular weight is 284 g/mol. The van der Waals surface area contributed by atoms with Gasteiger partial charge in [-0.1, -0.05) is 6.07 Å². The number of hydrogen-bond donors (Lipinski definition) is 1. The third kappa shape index (κ3) is 2.30. The Bertz CT molecular complexity index is 403. The molecule has 2 unspecified atom stereocenters. The zero-order valence-electron chi connectivity index (χ0n) is 9.05. The van der Waals surface area contributed by atoms with Crippen molar-refractivity contribution in [2.24, 2.45) is 5.92 Å². The summed E-state index contributed by atoms with van der Waals surface area (Å²) in [6.45, 7) is 1.13. The Hall–Kier alpha value is -0.410. The molecular weight excluding hydrogens is 269 g/mol. The summed E-state index contributed by atoms with van der Waals surface area (Å²) in [5.41, 5.74) is 1.27. The summed E-state index contributed by atoms with van der Waals surface area (Å²) in [5.74, 6) is 1.23. The zero-order valence-corrected chi connectivity index (χ0v) is 10.6. The van der Waals surface area contributed by atoms with Gasteiger partial charge < -0.3 is 5.32 Å². The molecule has 2 atom stereocenters. The highest BCUT2D eigenvalue weighted by Crippen LogP contribution is 2.47. The summed E-state index contributed by atoms with van der Waals surface area (Å²) in [6, 6.07) is 6.20. The lowest BCUT2D eigenvalue weighted by Gasteiger charge is -2.03. The van der Waals surface area contributed by atoms with Gasteiger partial charge in [-0.15, -0.1) is 0 Å². The fourth-order valence-electron chi connectivity index (χ4n) is 2.23. The van der Waals surface area contributed by atoms with Crippen LogP contribution < -0.4 is 5.32 Å². The molecule has 1 N–H and O–H groups in total. The lowest BCUT2D eigenvalue weighted by atomic mass is 10.1. The Labute approximate surface area is 104 Å². The Balaban J connectivity index is 1.59. The lowest BCUT2D eigenvalue weighted by molar-refractivity contribution is 0.615. The second-order valence-electron chi connectivity index (χ2n) is 4.96. The Morgan fingerprint density at radius 1 is 1.38 bits per heavy atom. The van der Waals surface area contributed by atoms with Crippen LogP contribution in [0, 0.1) is 11.7 Å². The van der Waals surface area contributed by atoms with Crippen molar-refractivity contribution in [1.82, 2.24) is 5.32 Å². The average Bonchev–Trinajstić information content (AvgIpc) is 3.13. The Morgan fingerprint density at radius 2 is 2.19 bits per heavy atom. The summed E-state index contributed by atoms with van der Waals surface area (Å²) < 4.78 is 13.7. The molecular formula is C13H15BrFN. The van der Waals surface area contributed by atoms with Gasteiger partial charge in [-0.05, 0) is 71.3 Å². The van der Waals surface area contributed by atoms with Crippen molar-refractivity contribution in [3.05, 3.63) is 34.1 Å². The number of rotatable bonds is 4. The molecule has 1 nitrogen and oxygen atoms in total. The molecule has 3 rings (SSSR count). The first-order chi connectivity index (χ1) is 7.74. The molecule has 0 spiro atoms. The highest BCUT2D eigenvalue weighted by Gasteiger charge is 2.39. The fraction of sp³-hybridized carbons (Fsp3) is 0.538. The maximum Gasteiger partial charge on any atom is 0.137 e. The molecule has 3 heteroatoms. The Morgan fingerprint density at radius 3 is 2.88 bits per heavy atom. The van der Waals surface area contributed by atoms with E-state index in [1.54, 1.807) is 6.07 Å². The first-order valence-electron chi connectivity index (χ1n) is 5.92. The molecule has 0 bridgehead atoms. The van der Waals surface area contributed by atoms with E-state index in [0.29, 0.717) is 10.4 Å². The monoisotopic (exact) mass is 283 g/mol. The van der Waals surface area contributed by atoms with E-state index in [9.17, 15) is 4.39 Å². The summed E-state index contributed by atoms with van der Waals surface area (Å²) in [6.07, 6.45) is 3.94. The topological polar surface area (TPSA) is 12.0 Å². The molecule has 0 heterocycles. The standard InChI is InChI=1S/C13H15BrFN/c14-12-6-8(1-4-13(12)15)11-5-9(11)7-16-10-2-3-10/h1,4,6,9-11,16H,2-3,5,7H2. The quantitative estimate of drug-likeness (QED) is 0.893. The Kier molecular flexibility index (Phi) is 2.76. The third-order valence-corrected chi connectivity index (χ3v) is 4.15. The molecule has 86 valence electrons. The van der Waals surface area contributed by atoms with Crippen molar-refractivity contribution in [3.63, 3.8) is 0 Å². The zero-order chi connectivity index (χ0) is 11.1. The van der Waals surface area contributed by atoms with Crippen molar-refractivity contribution in [3.8, 4) is 0 Å². The van der Waals surface area contributed by atoms with Crippen LogP contribution in [0.25, 0.3) is 0 Å². The predicted molar refractivity (Wildman–Crippen MR) is 66.0 cm³/mol. The highest BCUT2D eigenvalue weighted by atomic mass is 79.9. The predicted octanol–water partition coefficient (Wildman–Crippen LogP) is 3.44. The van der Waals surface area contributed by atoms with E-state index in [1.165, 1.54) is 24.8 Å². The van der Waals surface area contributed by atoms with Gasteiger partial charge in [-0.25, -0.2) is 4.39 Å². The third-order valence-electron chi connectivity index (χ3n) is 3.54. The van der Waals surface area contributed by atoms with E-state index in [2.05, 4.69) is 21.2 Å². The summed E-state index contributed by atoms with van der Waals surface area (Å²) in [7, 11) is 0. The lowest BCUT2D eigenvalue weighted by Crippen LogP contribution is -2.19. The van der Waals surface area contributed by atoms with Crippen LogP contribution >= 0.6 is 15.9 Å². The van der Waals surface area contributed by atoms with Gasteiger partial charge in [0.2, 0.25) is 0 Å². The van der Waals surface area contributed by atoms with Gasteiger partial charge in [0, 0.05) is 6.04 Å². The van der Waals surface area contributed by atoms with E-state index in [4.69, 9.17) is 0 Å². The van der Waals surface area contributed by atoms with Gasteiger partial charge in [0.15, 0.2) is 0 Å². The second-order valence-corrected chi connectivity index (χ2v) is 5.81. The van der Waals surface area contributed by atoms with E-state index >= 15 is 0 Å². The molecule has 0 radical (unpaired) electrons. The first-order valence-corrected chi connectivity index (χ1v) is 6.71. The molecule has 0 saturated heterocycles. The van der Waals surface area contributed by atoms with Crippen molar-refractivity contribution in [2.45, 2.75) is 31.2 Å². The van der Waals surface area contributed by atoms with Gasteiger partial charge in [0.25, 0.3) is 0 Å². The number of halogens is 2. The molecule has 2 saturated carbocycles. The molecule has 16 heavy (non-hydrogen) atoms. The fourth-order valence-corrected chi connectivity index (χ4v) is 2.63. The van der Waals surface area contributed by atoms with E-state index in [-0.39, 0.29) is 5.82 Å². The van der Waals surface area contributed by atoms with Crippen molar-refractivity contribution < 1.29 is 4.39 Å². The van der Waals surface area contributed by atoms with E-state index in [0.717, 1.165) is 18.5 Å². The maximum atomic E-state index is 13.1. The molecule has 1 aromatic rings. The number of hydrogen-bond acceptors (Lipinski definition) is 1. The van der Waals surface area contributed by atoms with Crippen LogP contribution in [0.15, 0.2) is 22.7 Å². The highest BCUT2D eigenvalue weighted by molar-refractivity contribution is 9.10. The summed E-state index contributed by atoms with van der Waals surface area (Å²) >= 11 is 3.24. The van der Waals surface area contributed by atoms with Gasteiger partial charge in [0.1, 0.15) is 5.82 Å². The largest absolute Gasteiger partial charge is 0.314 e. The van der Waals surface area contributed by atoms with Crippen LogP contribution in [0.2, 0.25) is 0 Å². The summed E-state index contributed by atoms with van der Waals surface area (Å²) in [5, 5.41) is 3.56. The molecule has 1 aromatic carbocycles. The van der Waals surface area contributed by atoms with Gasteiger partial charge in [-0.2, -0.15) is 0 Å². The van der Waals surface area contributed by atoms with Crippen LogP contribution in [0.5, 0.6) is 0 Å². The van der Waals surface area contributed by atoms with Crippen LogP contribution in [0.1, 0.15) is 30.7 Å². The van der Waals surface area contributed by atoms with Crippen LogP contribution in [0.4, 0.5) is 4.39 Å². The summed E-state index contributed by atoms with van der Waals surface area (Å²) in [4.78, 5) is 0. The first kappa shape index (κ1) is 10.7. The normalized spacial score (nSPS) is 28.1. The molecule has 0 amide bonds. The smallest absolute Gasteiger partial charge is 0.137 e. The van der Waals surface area contributed by atoms with Crippen LogP contribution in [-0.4, -0.2) is 12.6 Å². The van der Waals surface area contributed by atoms with E-state index in [1.807, 2.05) is 12.1 Å². The minimum absolute atomic E-state index is 0.169. The van der Waals surface area contributed by atoms with Crippen molar-refractivity contribution in [2.75, 3.05) is 6.54 Å². The van der Waals surface area contributed by atoms with Crippen molar-refractivity contribution in [1.29, 1.82) is 0 Å². The number of benzene rings is 1. The maximum absolute atomic E-state index is 13.1. The molecule has 2 aliphatic rings. The van der Waals surface area contributed by atoms with Gasteiger partial charge in [-0.3, -0.25) is 0 Å². The minimum Gasteiger partial charge on any atom is -0.314 e. The van der Waals surface area contributed by atoms with E-state index < -0.39 is 0 Å². The SMILES string of the molecule is Fc1ccc(C2CC2CNC2CC2)cc1Br. The number of nitrogens with one attached hydrogen (secondary N) is 1. The van der Waals surface area contributed by atoms with Crippen LogP contribution in [0.3, 0.4) is 0 Å². The molecule has 2 fully saturated rings. The molecule has 0 aromatic heterocycles. The minimum atomic E-state index is -0.169.